The number of amides is 2. The average Bonchev–Trinajstić information content (AvgIpc) is 2.30. The van der Waals surface area contributed by atoms with Gasteiger partial charge in [0.2, 0.25) is 11.8 Å². The summed E-state index contributed by atoms with van der Waals surface area (Å²) in [5.41, 5.74) is 6.54. The molecule has 0 saturated carbocycles. The van der Waals surface area contributed by atoms with Crippen molar-refractivity contribution in [3.8, 4) is 0 Å². The Morgan fingerprint density at radius 1 is 1.33 bits per heavy atom. The lowest BCUT2D eigenvalue weighted by atomic mass is 10.1. The molecule has 0 aromatic heterocycles. The molecule has 4 N–H and O–H groups in total. The van der Waals surface area contributed by atoms with Crippen LogP contribution in [0.2, 0.25) is 0 Å². The summed E-state index contributed by atoms with van der Waals surface area (Å²) in [4.78, 5) is 33.1. The number of aryl methyl sites for hydroxylation is 1. The Labute approximate surface area is 104 Å². The maximum atomic E-state index is 11.5. The monoisotopic (exact) mass is 250 g/mol. The number of primary amides is 1. The van der Waals surface area contributed by atoms with E-state index in [9.17, 15) is 14.4 Å². The molecule has 1 unspecified atom stereocenters. The van der Waals surface area contributed by atoms with Gasteiger partial charge >= 0.3 is 5.97 Å². The summed E-state index contributed by atoms with van der Waals surface area (Å²) >= 11 is 0. The van der Waals surface area contributed by atoms with Crippen molar-refractivity contribution >= 4 is 23.5 Å². The van der Waals surface area contributed by atoms with Gasteiger partial charge in [-0.15, -0.1) is 0 Å². The minimum Gasteiger partial charge on any atom is -0.481 e. The van der Waals surface area contributed by atoms with Gasteiger partial charge in [-0.1, -0.05) is 0 Å². The molecule has 0 aliphatic heterocycles. The number of carboxylic acid groups (broad SMARTS) is 1. The fraction of sp³-hybridized carbons (Fsp3) is 0.250. The molecule has 0 saturated heterocycles. The van der Waals surface area contributed by atoms with Gasteiger partial charge in [0, 0.05) is 11.3 Å². The summed E-state index contributed by atoms with van der Waals surface area (Å²) in [5, 5.41) is 11.2. The fourth-order valence-electron chi connectivity index (χ4n) is 1.31. The largest absolute Gasteiger partial charge is 0.481 e. The molecule has 18 heavy (non-hydrogen) atoms. The van der Waals surface area contributed by atoms with Crippen LogP contribution in [0, 0.1) is 12.8 Å². The molecule has 1 rings (SSSR count). The topological polar surface area (TPSA) is 109 Å². The van der Waals surface area contributed by atoms with Gasteiger partial charge in [0.05, 0.1) is 0 Å². The molecule has 0 radical (unpaired) electrons. The van der Waals surface area contributed by atoms with E-state index in [4.69, 9.17) is 10.8 Å². The first-order valence-corrected chi connectivity index (χ1v) is 5.27. The molecule has 2 amide bonds. The van der Waals surface area contributed by atoms with Crippen LogP contribution in [0.15, 0.2) is 18.2 Å². The van der Waals surface area contributed by atoms with Crippen molar-refractivity contribution in [2.24, 2.45) is 11.7 Å². The Kier molecular flexibility index (Phi) is 4.04. The van der Waals surface area contributed by atoms with Gasteiger partial charge < -0.3 is 16.2 Å². The first-order chi connectivity index (χ1) is 8.32. The van der Waals surface area contributed by atoms with Gasteiger partial charge in [0.15, 0.2) is 0 Å². The van der Waals surface area contributed by atoms with Crippen molar-refractivity contribution in [1.29, 1.82) is 0 Å². The van der Waals surface area contributed by atoms with Crippen LogP contribution in [-0.4, -0.2) is 22.9 Å². The van der Waals surface area contributed by atoms with Crippen LogP contribution in [0.25, 0.3) is 0 Å². The lowest BCUT2D eigenvalue weighted by Gasteiger charge is -2.11. The standard InChI is InChI=1S/C12H14N2O4/c1-6-5-8(10(13)15)3-4-9(6)14-11(16)7(2)12(17)18/h3-5,7H,1-2H3,(H2,13,15)(H,14,16)(H,17,18). The first-order valence-electron chi connectivity index (χ1n) is 5.27. The van der Waals surface area contributed by atoms with Crippen LogP contribution in [0.5, 0.6) is 0 Å². The van der Waals surface area contributed by atoms with Crippen molar-refractivity contribution in [1.82, 2.24) is 0 Å². The normalized spacial score (nSPS) is 11.7. The molecule has 1 aromatic rings. The predicted molar refractivity (Wildman–Crippen MR) is 65.1 cm³/mol. The van der Waals surface area contributed by atoms with Crippen molar-refractivity contribution < 1.29 is 19.5 Å². The third kappa shape index (κ3) is 3.07. The molecule has 1 aromatic carbocycles. The highest BCUT2D eigenvalue weighted by atomic mass is 16.4. The van der Waals surface area contributed by atoms with E-state index >= 15 is 0 Å². The number of benzene rings is 1. The molecular formula is C12H14N2O4. The molecular weight excluding hydrogens is 236 g/mol. The Hall–Kier alpha value is -2.37. The maximum Gasteiger partial charge on any atom is 0.315 e. The number of hydrogen-bond donors (Lipinski definition) is 3. The van der Waals surface area contributed by atoms with E-state index < -0.39 is 23.7 Å². The first kappa shape index (κ1) is 13.7. The SMILES string of the molecule is Cc1cc(C(N)=O)ccc1NC(=O)C(C)C(=O)O. The zero-order valence-electron chi connectivity index (χ0n) is 10.1. The second-order valence-corrected chi connectivity index (χ2v) is 3.94. The van der Waals surface area contributed by atoms with E-state index in [0.29, 0.717) is 16.8 Å². The highest BCUT2D eigenvalue weighted by molar-refractivity contribution is 6.04. The van der Waals surface area contributed by atoms with E-state index in [2.05, 4.69) is 5.32 Å². The number of anilines is 1. The smallest absolute Gasteiger partial charge is 0.315 e. The van der Waals surface area contributed by atoms with E-state index in [1.165, 1.54) is 25.1 Å². The minimum absolute atomic E-state index is 0.330. The third-order valence-corrected chi connectivity index (χ3v) is 2.53. The fourth-order valence-corrected chi connectivity index (χ4v) is 1.31. The van der Waals surface area contributed by atoms with Crippen LogP contribution in [0.4, 0.5) is 5.69 Å². The molecule has 1 atom stereocenters. The van der Waals surface area contributed by atoms with Crippen molar-refractivity contribution in [2.45, 2.75) is 13.8 Å². The molecule has 0 fully saturated rings. The van der Waals surface area contributed by atoms with Gasteiger partial charge in [-0.3, -0.25) is 14.4 Å². The zero-order chi connectivity index (χ0) is 13.9. The van der Waals surface area contributed by atoms with Crippen LogP contribution in [0.1, 0.15) is 22.8 Å². The Morgan fingerprint density at radius 2 is 1.94 bits per heavy atom. The van der Waals surface area contributed by atoms with Crippen molar-refractivity contribution in [3.05, 3.63) is 29.3 Å². The Balaban J connectivity index is 2.89. The number of carbonyl (C=O) groups is 3. The molecule has 0 spiro atoms. The number of nitrogens with one attached hydrogen (secondary N) is 1. The summed E-state index contributed by atoms with van der Waals surface area (Å²) < 4.78 is 0. The number of hydrogen-bond acceptors (Lipinski definition) is 3. The maximum absolute atomic E-state index is 11.5. The Bertz CT molecular complexity index is 511. The summed E-state index contributed by atoms with van der Waals surface area (Å²) in [6.45, 7) is 2.98. The highest BCUT2D eigenvalue weighted by Crippen LogP contribution is 2.17. The molecule has 6 nitrogen and oxygen atoms in total. The number of carboxylic acids is 1. The molecule has 96 valence electrons. The highest BCUT2D eigenvalue weighted by Gasteiger charge is 2.20. The second kappa shape index (κ2) is 5.31. The molecule has 0 aliphatic rings. The number of aliphatic carboxylic acids is 1. The van der Waals surface area contributed by atoms with E-state index in [1.807, 2.05) is 0 Å². The lowest BCUT2D eigenvalue weighted by molar-refractivity contribution is -0.144. The van der Waals surface area contributed by atoms with E-state index in [-0.39, 0.29) is 0 Å². The van der Waals surface area contributed by atoms with Crippen LogP contribution in [-0.2, 0) is 9.59 Å². The van der Waals surface area contributed by atoms with E-state index in [0.717, 1.165) is 0 Å². The average molecular weight is 250 g/mol. The second-order valence-electron chi connectivity index (χ2n) is 3.94. The Morgan fingerprint density at radius 3 is 2.39 bits per heavy atom. The van der Waals surface area contributed by atoms with E-state index in [1.54, 1.807) is 6.92 Å². The quantitative estimate of drug-likeness (QED) is 0.685. The summed E-state index contributed by atoms with van der Waals surface area (Å²) in [6.07, 6.45) is 0. The van der Waals surface area contributed by atoms with Gasteiger partial charge in [0.25, 0.3) is 0 Å². The summed E-state index contributed by atoms with van der Waals surface area (Å²) in [5.74, 6) is -3.51. The van der Waals surface area contributed by atoms with Crippen LogP contribution in [0.3, 0.4) is 0 Å². The number of rotatable bonds is 4. The molecule has 0 aliphatic carbocycles. The van der Waals surface area contributed by atoms with Gasteiger partial charge in [-0.2, -0.15) is 0 Å². The van der Waals surface area contributed by atoms with Crippen molar-refractivity contribution in [3.63, 3.8) is 0 Å². The minimum atomic E-state index is -1.20. The summed E-state index contributed by atoms with van der Waals surface area (Å²) in [7, 11) is 0. The van der Waals surface area contributed by atoms with Crippen molar-refractivity contribution in [2.75, 3.05) is 5.32 Å². The predicted octanol–water partition coefficient (Wildman–Crippen LogP) is 0.753. The summed E-state index contributed by atoms with van der Waals surface area (Å²) in [6, 6.07) is 4.52. The zero-order valence-corrected chi connectivity index (χ0v) is 10.1. The molecule has 6 heteroatoms. The van der Waals surface area contributed by atoms with Gasteiger partial charge in [-0.25, -0.2) is 0 Å². The van der Waals surface area contributed by atoms with Gasteiger partial charge in [-0.05, 0) is 37.6 Å². The lowest BCUT2D eigenvalue weighted by Crippen LogP contribution is -2.27. The third-order valence-electron chi connectivity index (χ3n) is 2.53. The number of nitrogens with two attached hydrogens (primary N) is 1. The molecule has 0 heterocycles. The van der Waals surface area contributed by atoms with Crippen LogP contribution < -0.4 is 11.1 Å². The molecule has 0 bridgehead atoms. The van der Waals surface area contributed by atoms with Crippen LogP contribution >= 0.6 is 0 Å². The number of carbonyl (C=O) groups excluding carboxylic acids is 2. The van der Waals surface area contributed by atoms with Gasteiger partial charge in [0.1, 0.15) is 5.92 Å².